The third-order valence-corrected chi connectivity index (χ3v) is 6.58. The van der Waals surface area contributed by atoms with Gasteiger partial charge in [0, 0.05) is 48.8 Å². The quantitative estimate of drug-likeness (QED) is 0.224. The Morgan fingerprint density at radius 3 is 2.55 bits per heavy atom. The number of nitrogens with zero attached hydrogens (tertiary/aromatic N) is 3. The Morgan fingerprint density at radius 2 is 1.79 bits per heavy atom. The number of rotatable bonds is 11. The second kappa shape index (κ2) is 12.5. The molecule has 1 N–H and O–H groups in total. The Kier molecular flexibility index (Phi) is 8.42. The van der Waals surface area contributed by atoms with Crippen molar-refractivity contribution < 1.29 is 19.0 Å². The molecule has 1 aromatic heterocycles. The Hall–Kier alpha value is -4.01. The van der Waals surface area contributed by atoms with Gasteiger partial charge in [-0.15, -0.1) is 0 Å². The molecule has 1 saturated heterocycles. The monoisotopic (exact) mass is 512 g/mol. The number of nitrogens with one attached hydrogen (secondary N) is 1. The van der Waals surface area contributed by atoms with Crippen LogP contribution in [-0.2, 0) is 11.2 Å². The maximum atomic E-state index is 12.5. The molecule has 8 nitrogen and oxygen atoms in total. The summed E-state index contributed by atoms with van der Waals surface area (Å²) in [4.78, 5) is 23.8. The van der Waals surface area contributed by atoms with Crippen LogP contribution in [0.4, 0.5) is 11.5 Å². The van der Waals surface area contributed by atoms with E-state index in [4.69, 9.17) is 14.2 Å². The van der Waals surface area contributed by atoms with Crippen LogP contribution < -0.4 is 14.8 Å². The first kappa shape index (κ1) is 25.6. The molecular formula is C30H32N4O4. The van der Waals surface area contributed by atoms with Gasteiger partial charge >= 0.3 is 0 Å². The molecule has 5 rings (SSSR count). The highest BCUT2D eigenvalue weighted by Crippen LogP contribution is 2.35. The summed E-state index contributed by atoms with van der Waals surface area (Å²) in [7, 11) is 1.63. The van der Waals surface area contributed by atoms with Crippen LogP contribution in [0, 0.1) is 0 Å². The first-order chi connectivity index (χ1) is 18.7. The normalized spacial score (nSPS) is 13.8. The SMILES string of the molecule is COc1cc2c(Nc3ccc(CC(=O)c4ccccc4)cc3)ncnc2cc1OCCCN1CCOCC1. The van der Waals surface area contributed by atoms with E-state index in [2.05, 4.69) is 20.2 Å². The lowest BCUT2D eigenvalue weighted by molar-refractivity contribution is 0.0357. The van der Waals surface area contributed by atoms with Crippen LogP contribution in [0.3, 0.4) is 0 Å². The molecule has 0 unspecified atom stereocenters. The van der Waals surface area contributed by atoms with E-state index < -0.39 is 0 Å². The van der Waals surface area contributed by atoms with Crippen LogP contribution in [0.2, 0.25) is 0 Å². The van der Waals surface area contributed by atoms with E-state index in [1.54, 1.807) is 7.11 Å². The fraction of sp³-hybridized carbons (Fsp3) is 0.300. The molecule has 4 aromatic rings. The summed E-state index contributed by atoms with van der Waals surface area (Å²) in [5.41, 5.74) is 3.30. The number of morpholine rings is 1. The van der Waals surface area contributed by atoms with E-state index in [0.717, 1.165) is 67.0 Å². The van der Waals surface area contributed by atoms with E-state index in [9.17, 15) is 4.79 Å². The predicted molar refractivity (Wildman–Crippen MR) is 148 cm³/mol. The maximum absolute atomic E-state index is 12.5. The zero-order valence-corrected chi connectivity index (χ0v) is 21.6. The molecule has 0 amide bonds. The van der Waals surface area contributed by atoms with E-state index >= 15 is 0 Å². The lowest BCUT2D eigenvalue weighted by atomic mass is 10.0. The maximum Gasteiger partial charge on any atom is 0.167 e. The van der Waals surface area contributed by atoms with Gasteiger partial charge in [-0.25, -0.2) is 9.97 Å². The van der Waals surface area contributed by atoms with Crippen molar-refractivity contribution in [2.45, 2.75) is 12.8 Å². The average Bonchev–Trinajstić information content (AvgIpc) is 2.97. The number of carbonyl (C=O) groups excluding carboxylic acids is 1. The predicted octanol–water partition coefficient (Wildman–Crippen LogP) is 4.91. The van der Waals surface area contributed by atoms with Gasteiger partial charge in [-0.2, -0.15) is 0 Å². The third kappa shape index (κ3) is 6.45. The number of benzene rings is 3. The van der Waals surface area contributed by atoms with Crippen LogP contribution in [-0.4, -0.2) is 67.2 Å². The van der Waals surface area contributed by atoms with Crippen LogP contribution >= 0.6 is 0 Å². The molecular weight excluding hydrogens is 480 g/mol. The summed E-state index contributed by atoms with van der Waals surface area (Å²) in [6.07, 6.45) is 2.81. The number of fused-ring (bicyclic) bond motifs is 1. The molecule has 1 fully saturated rings. The van der Waals surface area contributed by atoms with Crippen molar-refractivity contribution in [1.29, 1.82) is 0 Å². The fourth-order valence-corrected chi connectivity index (χ4v) is 4.49. The number of anilines is 2. The van der Waals surface area contributed by atoms with E-state index in [-0.39, 0.29) is 5.78 Å². The molecule has 0 atom stereocenters. The summed E-state index contributed by atoms with van der Waals surface area (Å²) in [6, 6.07) is 21.0. The molecule has 1 aliphatic rings. The minimum Gasteiger partial charge on any atom is -0.493 e. The molecule has 0 spiro atoms. The van der Waals surface area contributed by atoms with Crippen molar-refractivity contribution in [2.75, 3.05) is 51.9 Å². The van der Waals surface area contributed by atoms with Crippen molar-refractivity contribution in [3.63, 3.8) is 0 Å². The molecule has 196 valence electrons. The number of methoxy groups -OCH3 is 1. The lowest BCUT2D eigenvalue weighted by Gasteiger charge is -2.26. The van der Waals surface area contributed by atoms with Crippen molar-refractivity contribution in [3.8, 4) is 11.5 Å². The van der Waals surface area contributed by atoms with Crippen LogP contribution in [0.5, 0.6) is 11.5 Å². The van der Waals surface area contributed by atoms with Crippen LogP contribution in [0.15, 0.2) is 73.1 Å². The largest absolute Gasteiger partial charge is 0.493 e. The van der Waals surface area contributed by atoms with E-state index in [1.807, 2.05) is 66.7 Å². The molecule has 2 heterocycles. The number of hydrogen-bond acceptors (Lipinski definition) is 8. The summed E-state index contributed by atoms with van der Waals surface area (Å²) >= 11 is 0. The zero-order valence-electron chi connectivity index (χ0n) is 21.6. The standard InChI is InChI=1S/C30H32N4O4/c1-36-28-19-25-26(20-29(28)38-15-5-12-34-13-16-37-17-14-34)31-21-32-30(25)33-24-10-8-22(9-11-24)18-27(35)23-6-3-2-4-7-23/h2-4,6-11,19-21H,5,12-18H2,1H3,(H,31,32,33). The zero-order chi connectivity index (χ0) is 26.2. The highest BCUT2D eigenvalue weighted by Gasteiger charge is 2.14. The molecule has 0 bridgehead atoms. The van der Waals surface area contributed by atoms with Gasteiger partial charge in [0.05, 0.1) is 32.4 Å². The number of aromatic nitrogens is 2. The fourth-order valence-electron chi connectivity index (χ4n) is 4.49. The summed E-state index contributed by atoms with van der Waals surface area (Å²) < 4.78 is 17.1. The van der Waals surface area contributed by atoms with Gasteiger partial charge < -0.3 is 19.5 Å². The Bertz CT molecular complexity index is 1360. The molecule has 1 aliphatic heterocycles. The highest BCUT2D eigenvalue weighted by atomic mass is 16.5. The first-order valence-corrected chi connectivity index (χ1v) is 12.9. The summed E-state index contributed by atoms with van der Waals surface area (Å²) in [6.45, 7) is 5.12. The minimum atomic E-state index is 0.0966. The van der Waals surface area contributed by atoms with E-state index in [0.29, 0.717) is 30.3 Å². The molecule has 38 heavy (non-hydrogen) atoms. The summed E-state index contributed by atoms with van der Waals surface area (Å²) in [5, 5.41) is 4.20. The second-order valence-corrected chi connectivity index (χ2v) is 9.19. The number of Topliss-reactive ketones (excluding diaryl/α,β-unsaturated/α-hetero) is 1. The lowest BCUT2D eigenvalue weighted by Crippen LogP contribution is -2.37. The average molecular weight is 513 g/mol. The van der Waals surface area contributed by atoms with Crippen LogP contribution in [0.25, 0.3) is 10.9 Å². The highest BCUT2D eigenvalue weighted by molar-refractivity contribution is 5.97. The third-order valence-electron chi connectivity index (χ3n) is 6.58. The van der Waals surface area contributed by atoms with E-state index in [1.165, 1.54) is 6.33 Å². The summed E-state index contributed by atoms with van der Waals surface area (Å²) in [5.74, 6) is 2.06. The number of carbonyl (C=O) groups is 1. The van der Waals surface area contributed by atoms with Gasteiger partial charge in [0.2, 0.25) is 0 Å². The van der Waals surface area contributed by atoms with Crippen molar-refractivity contribution in [3.05, 3.63) is 84.2 Å². The van der Waals surface area contributed by atoms with Gasteiger partial charge in [0.1, 0.15) is 12.1 Å². The molecule has 0 aliphatic carbocycles. The minimum absolute atomic E-state index is 0.0966. The smallest absolute Gasteiger partial charge is 0.167 e. The Morgan fingerprint density at radius 1 is 1.00 bits per heavy atom. The van der Waals surface area contributed by atoms with Crippen LogP contribution in [0.1, 0.15) is 22.3 Å². The number of ether oxygens (including phenoxy) is 3. The van der Waals surface area contributed by atoms with Gasteiger partial charge in [-0.3, -0.25) is 9.69 Å². The Balaban J connectivity index is 1.24. The molecule has 8 heteroatoms. The topological polar surface area (TPSA) is 85.8 Å². The van der Waals surface area contributed by atoms with Crippen molar-refractivity contribution in [1.82, 2.24) is 14.9 Å². The van der Waals surface area contributed by atoms with Gasteiger partial charge in [0.15, 0.2) is 17.3 Å². The van der Waals surface area contributed by atoms with Gasteiger partial charge in [-0.05, 0) is 30.2 Å². The number of ketones is 1. The molecule has 0 saturated carbocycles. The Labute approximate surface area is 222 Å². The first-order valence-electron chi connectivity index (χ1n) is 12.9. The van der Waals surface area contributed by atoms with Gasteiger partial charge in [0.25, 0.3) is 0 Å². The second-order valence-electron chi connectivity index (χ2n) is 9.19. The molecule has 3 aromatic carbocycles. The number of hydrogen-bond donors (Lipinski definition) is 1. The van der Waals surface area contributed by atoms with Gasteiger partial charge in [-0.1, -0.05) is 42.5 Å². The molecule has 0 radical (unpaired) electrons. The van der Waals surface area contributed by atoms with Crippen molar-refractivity contribution >= 4 is 28.2 Å². The van der Waals surface area contributed by atoms with Crippen molar-refractivity contribution in [2.24, 2.45) is 0 Å².